The summed E-state index contributed by atoms with van der Waals surface area (Å²) in [5.41, 5.74) is 10.0. The zero-order valence-corrected chi connectivity index (χ0v) is 11.5. The van der Waals surface area contributed by atoms with Gasteiger partial charge in [0, 0.05) is 23.9 Å². The maximum atomic E-state index is 10.9. The van der Waals surface area contributed by atoms with Crippen molar-refractivity contribution >= 4 is 11.3 Å². The molecule has 6 nitrogen and oxygen atoms in total. The van der Waals surface area contributed by atoms with Gasteiger partial charge in [-0.3, -0.25) is 14.5 Å². The first-order valence-corrected chi connectivity index (χ1v) is 6.52. The lowest BCUT2D eigenvalue weighted by Gasteiger charge is -2.01. The van der Waals surface area contributed by atoms with Crippen LogP contribution < -0.4 is 5.73 Å². The molecule has 0 spiro atoms. The minimum Gasteiger partial charge on any atom is -0.326 e. The number of nitro groups is 1. The molecule has 0 saturated heterocycles. The predicted molar refractivity (Wildman–Crippen MR) is 79.9 cm³/mol. The van der Waals surface area contributed by atoms with Crippen LogP contribution in [0.25, 0.3) is 16.9 Å². The van der Waals surface area contributed by atoms with Gasteiger partial charge in [-0.15, -0.1) is 0 Å². The topological polar surface area (TPSA) is 86.5 Å². The van der Waals surface area contributed by atoms with Gasteiger partial charge in [0.25, 0.3) is 5.69 Å². The fraction of sp³-hybridized carbons (Fsp3) is 0.133. The van der Waals surface area contributed by atoms with Crippen molar-refractivity contribution in [2.45, 2.75) is 13.5 Å². The van der Waals surface area contributed by atoms with E-state index >= 15 is 0 Å². The molecular weight excluding hydrogens is 268 g/mol. The van der Waals surface area contributed by atoms with E-state index in [0.29, 0.717) is 12.2 Å². The van der Waals surface area contributed by atoms with Gasteiger partial charge in [-0.2, -0.15) is 0 Å². The Hall–Kier alpha value is -2.73. The van der Waals surface area contributed by atoms with E-state index in [2.05, 4.69) is 4.98 Å². The van der Waals surface area contributed by atoms with Gasteiger partial charge < -0.3 is 5.73 Å². The molecule has 6 heteroatoms. The molecule has 0 aliphatic rings. The Balaban J connectivity index is 2.14. The van der Waals surface area contributed by atoms with E-state index in [1.807, 2.05) is 31.2 Å². The molecular formula is C15H14N4O2. The average Bonchev–Trinajstić information content (AvgIpc) is 2.84. The Kier molecular flexibility index (Phi) is 3.15. The summed E-state index contributed by atoms with van der Waals surface area (Å²) in [6.07, 6.45) is 1.50. The number of hydrogen-bond donors (Lipinski definition) is 1. The Bertz CT molecular complexity index is 822. The summed E-state index contributed by atoms with van der Waals surface area (Å²) in [6, 6.07) is 11.0. The molecule has 0 saturated carbocycles. The summed E-state index contributed by atoms with van der Waals surface area (Å²) in [5, 5.41) is 10.9. The highest BCUT2D eigenvalue weighted by molar-refractivity contribution is 5.67. The van der Waals surface area contributed by atoms with Crippen LogP contribution in [0, 0.1) is 17.0 Å². The minimum absolute atomic E-state index is 0.0491. The van der Waals surface area contributed by atoms with Crippen molar-refractivity contribution in [3.05, 3.63) is 64.0 Å². The second-order valence-corrected chi connectivity index (χ2v) is 4.82. The van der Waals surface area contributed by atoms with Crippen molar-refractivity contribution in [2.24, 2.45) is 5.73 Å². The number of aromatic nitrogens is 2. The third-order valence-electron chi connectivity index (χ3n) is 3.52. The van der Waals surface area contributed by atoms with Gasteiger partial charge in [-0.05, 0) is 18.6 Å². The van der Waals surface area contributed by atoms with Gasteiger partial charge in [-0.1, -0.05) is 24.3 Å². The highest BCUT2D eigenvalue weighted by atomic mass is 16.6. The first-order valence-electron chi connectivity index (χ1n) is 6.52. The largest absolute Gasteiger partial charge is 0.326 e. The lowest BCUT2D eigenvalue weighted by Crippen LogP contribution is -1.95. The molecule has 2 aromatic heterocycles. The standard InChI is InChI=1S/C15H14N4O2/c1-10-15(12-4-2-11(8-16)3-5-12)17-14-7-6-13(19(20)21)9-18(10)14/h2-7,9H,8,16H2,1H3. The SMILES string of the molecule is Cc1c(-c2ccc(CN)cc2)nc2ccc([N+](=O)[O-])cn12. The van der Waals surface area contributed by atoms with E-state index in [1.54, 1.807) is 10.5 Å². The summed E-state index contributed by atoms with van der Waals surface area (Å²) in [4.78, 5) is 15.0. The molecule has 0 amide bonds. The second-order valence-electron chi connectivity index (χ2n) is 4.82. The number of pyridine rings is 1. The van der Waals surface area contributed by atoms with E-state index in [1.165, 1.54) is 12.3 Å². The molecule has 0 radical (unpaired) electrons. The molecule has 3 aromatic rings. The monoisotopic (exact) mass is 282 g/mol. The zero-order valence-electron chi connectivity index (χ0n) is 11.5. The molecule has 0 fully saturated rings. The van der Waals surface area contributed by atoms with Crippen molar-refractivity contribution in [1.82, 2.24) is 9.38 Å². The molecule has 0 aliphatic heterocycles. The van der Waals surface area contributed by atoms with E-state index in [9.17, 15) is 10.1 Å². The number of fused-ring (bicyclic) bond motifs is 1. The van der Waals surface area contributed by atoms with E-state index in [4.69, 9.17) is 5.73 Å². The van der Waals surface area contributed by atoms with E-state index < -0.39 is 4.92 Å². The van der Waals surface area contributed by atoms with E-state index in [0.717, 1.165) is 22.5 Å². The van der Waals surface area contributed by atoms with Crippen molar-refractivity contribution in [3.8, 4) is 11.3 Å². The predicted octanol–water partition coefficient (Wildman–Crippen LogP) is 2.68. The maximum absolute atomic E-state index is 10.9. The number of rotatable bonds is 3. The third-order valence-corrected chi connectivity index (χ3v) is 3.52. The maximum Gasteiger partial charge on any atom is 0.286 e. The third kappa shape index (κ3) is 2.25. The smallest absolute Gasteiger partial charge is 0.286 e. The highest BCUT2D eigenvalue weighted by Crippen LogP contribution is 2.25. The van der Waals surface area contributed by atoms with Crippen LogP contribution in [0.1, 0.15) is 11.3 Å². The van der Waals surface area contributed by atoms with Gasteiger partial charge >= 0.3 is 0 Å². The van der Waals surface area contributed by atoms with Crippen LogP contribution in [0.5, 0.6) is 0 Å². The summed E-state index contributed by atoms with van der Waals surface area (Å²) in [7, 11) is 0. The number of aryl methyl sites for hydroxylation is 1. The Labute approximate surface area is 121 Å². The van der Waals surface area contributed by atoms with Crippen LogP contribution in [0.3, 0.4) is 0 Å². The molecule has 1 aromatic carbocycles. The fourth-order valence-corrected chi connectivity index (χ4v) is 2.33. The Morgan fingerprint density at radius 1 is 1.24 bits per heavy atom. The van der Waals surface area contributed by atoms with Crippen LogP contribution in [0.2, 0.25) is 0 Å². The molecule has 21 heavy (non-hydrogen) atoms. The average molecular weight is 282 g/mol. The van der Waals surface area contributed by atoms with Gasteiger partial charge in [0.05, 0.1) is 16.8 Å². The van der Waals surface area contributed by atoms with Crippen molar-refractivity contribution in [1.29, 1.82) is 0 Å². The summed E-state index contributed by atoms with van der Waals surface area (Å²) >= 11 is 0. The number of imidazole rings is 1. The number of nitrogens with two attached hydrogens (primary N) is 1. The van der Waals surface area contributed by atoms with Crippen LogP contribution in [-0.2, 0) is 6.54 Å². The van der Waals surface area contributed by atoms with Crippen LogP contribution in [0.4, 0.5) is 5.69 Å². The molecule has 3 rings (SSSR count). The Morgan fingerprint density at radius 2 is 1.95 bits per heavy atom. The quantitative estimate of drug-likeness (QED) is 0.591. The van der Waals surface area contributed by atoms with Crippen molar-refractivity contribution < 1.29 is 4.92 Å². The van der Waals surface area contributed by atoms with Crippen molar-refractivity contribution in [2.75, 3.05) is 0 Å². The first-order chi connectivity index (χ1) is 10.1. The summed E-state index contributed by atoms with van der Waals surface area (Å²) in [5.74, 6) is 0. The lowest BCUT2D eigenvalue weighted by molar-refractivity contribution is -0.385. The van der Waals surface area contributed by atoms with Gasteiger partial charge in [0.1, 0.15) is 5.65 Å². The van der Waals surface area contributed by atoms with Crippen molar-refractivity contribution in [3.63, 3.8) is 0 Å². The van der Waals surface area contributed by atoms with Crippen LogP contribution in [0.15, 0.2) is 42.6 Å². The zero-order chi connectivity index (χ0) is 15.0. The van der Waals surface area contributed by atoms with Gasteiger partial charge in [0.15, 0.2) is 0 Å². The molecule has 2 heterocycles. The number of nitrogens with zero attached hydrogens (tertiary/aromatic N) is 3. The lowest BCUT2D eigenvalue weighted by atomic mass is 10.1. The molecule has 0 unspecified atom stereocenters. The Morgan fingerprint density at radius 3 is 2.57 bits per heavy atom. The number of hydrogen-bond acceptors (Lipinski definition) is 4. The van der Waals surface area contributed by atoms with Crippen LogP contribution >= 0.6 is 0 Å². The number of benzene rings is 1. The summed E-state index contributed by atoms with van der Waals surface area (Å²) in [6.45, 7) is 2.40. The molecule has 0 atom stereocenters. The van der Waals surface area contributed by atoms with Gasteiger partial charge in [-0.25, -0.2) is 4.98 Å². The molecule has 0 aliphatic carbocycles. The first kappa shape index (κ1) is 13.3. The summed E-state index contributed by atoms with van der Waals surface area (Å²) < 4.78 is 1.74. The van der Waals surface area contributed by atoms with Crippen LogP contribution in [-0.4, -0.2) is 14.3 Å². The second kappa shape index (κ2) is 4.99. The van der Waals surface area contributed by atoms with E-state index in [-0.39, 0.29) is 5.69 Å². The molecule has 0 bridgehead atoms. The minimum atomic E-state index is -0.408. The van der Waals surface area contributed by atoms with Gasteiger partial charge in [0.2, 0.25) is 0 Å². The molecule has 2 N–H and O–H groups in total. The highest BCUT2D eigenvalue weighted by Gasteiger charge is 2.13. The molecule has 106 valence electrons. The fourth-order valence-electron chi connectivity index (χ4n) is 2.33. The normalized spacial score (nSPS) is 11.0.